The number of aromatic nitrogens is 2. The summed E-state index contributed by atoms with van der Waals surface area (Å²) in [7, 11) is 1.95. The van der Waals surface area contributed by atoms with E-state index in [-0.39, 0.29) is 5.38 Å². The first-order chi connectivity index (χ1) is 6.79. The van der Waals surface area contributed by atoms with Crippen molar-refractivity contribution >= 4 is 11.6 Å². The van der Waals surface area contributed by atoms with Crippen molar-refractivity contribution in [2.45, 2.75) is 5.38 Å². The van der Waals surface area contributed by atoms with Crippen LogP contribution in [0.4, 0.5) is 0 Å². The smallest absolute Gasteiger partial charge is 0.131 e. The Morgan fingerprint density at radius 2 is 2.00 bits per heavy atom. The van der Waals surface area contributed by atoms with Crippen LogP contribution in [0.5, 0.6) is 0 Å². The van der Waals surface area contributed by atoms with Crippen LogP contribution in [0, 0.1) is 0 Å². The highest BCUT2D eigenvalue weighted by atomic mass is 35.5. The third-order valence-electron chi connectivity index (χ3n) is 2.18. The van der Waals surface area contributed by atoms with Crippen molar-refractivity contribution in [1.82, 2.24) is 9.55 Å². The fraction of sp³-hybridized carbons (Fsp3) is 0.182. The summed E-state index contributed by atoms with van der Waals surface area (Å²) < 4.78 is 1.94. The molecule has 0 saturated heterocycles. The Labute approximate surface area is 88.2 Å². The van der Waals surface area contributed by atoms with Crippen LogP contribution in [-0.4, -0.2) is 9.55 Å². The second kappa shape index (κ2) is 3.84. The summed E-state index contributed by atoms with van der Waals surface area (Å²) in [6.45, 7) is 0. The van der Waals surface area contributed by atoms with Gasteiger partial charge in [0.05, 0.1) is 0 Å². The highest BCUT2D eigenvalue weighted by molar-refractivity contribution is 6.22. The predicted molar refractivity (Wildman–Crippen MR) is 57.3 cm³/mol. The quantitative estimate of drug-likeness (QED) is 0.691. The van der Waals surface area contributed by atoms with Gasteiger partial charge in [-0.2, -0.15) is 0 Å². The van der Waals surface area contributed by atoms with Crippen molar-refractivity contribution in [2.24, 2.45) is 7.05 Å². The summed E-state index contributed by atoms with van der Waals surface area (Å²) in [5, 5.41) is -0.170. The molecule has 1 heterocycles. The van der Waals surface area contributed by atoms with Gasteiger partial charge in [0.25, 0.3) is 0 Å². The van der Waals surface area contributed by atoms with Crippen LogP contribution in [0.15, 0.2) is 42.7 Å². The summed E-state index contributed by atoms with van der Waals surface area (Å²) in [6, 6.07) is 9.95. The molecule has 0 saturated carbocycles. The van der Waals surface area contributed by atoms with Crippen molar-refractivity contribution in [3.05, 3.63) is 54.1 Å². The fourth-order valence-electron chi connectivity index (χ4n) is 1.39. The van der Waals surface area contributed by atoms with E-state index < -0.39 is 0 Å². The Kier molecular flexibility index (Phi) is 2.55. The number of rotatable bonds is 2. The van der Waals surface area contributed by atoms with Crippen molar-refractivity contribution in [3.8, 4) is 0 Å². The molecule has 14 heavy (non-hydrogen) atoms. The second-order valence-corrected chi connectivity index (χ2v) is 3.61. The molecular weight excluding hydrogens is 196 g/mol. The van der Waals surface area contributed by atoms with E-state index in [4.69, 9.17) is 11.6 Å². The van der Waals surface area contributed by atoms with E-state index in [0.717, 1.165) is 11.4 Å². The molecule has 0 bridgehead atoms. The van der Waals surface area contributed by atoms with Gasteiger partial charge in [-0.3, -0.25) is 0 Å². The Morgan fingerprint density at radius 1 is 1.29 bits per heavy atom. The van der Waals surface area contributed by atoms with E-state index in [9.17, 15) is 0 Å². The maximum Gasteiger partial charge on any atom is 0.131 e. The van der Waals surface area contributed by atoms with Gasteiger partial charge in [-0.05, 0) is 5.56 Å². The maximum atomic E-state index is 6.29. The van der Waals surface area contributed by atoms with Crippen molar-refractivity contribution in [1.29, 1.82) is 0 Å². The van der Waals surface area contributed by atoms with E-state index in [0.29, 0.717) is 0 Å². The van der Waals surface area contributed by atoms with E-state index in [1.165, 1.54) is 0 Å². The Balaban J connectivity index is 2.34. The van der Waals surface area contributed by atoms with Gasteiger partial charge in [0.15, 0.2) is 0 Å². The third kappa shape index (κ3) is 1.66. The van der Waals surface area contributed by atoms with Crippen LogP contribution in [0.1, 0.15) is 16.8 Å². The number of alkyl halides is 1. The average Bonchev–Trinajstić information content (AvgIpc) is 2.65. The normalized spacial score (nSPS) is 12.7. The molecule has 3 heteroatoms. The lowest BCUT2D eigenvalue weighted by molar-refractivity contribution is 0.809. The number of halogens is 1. The predicted octanol–water partition coefficient (Wildman–Crippen LogP) is 2.75. The van der Waals surface area contributed by atoms with Crippen LogP contribution in [-0.2, 0) is 7.05 Å². The summed E-state index contributed by atoms with van der Waals surface area (Å²) in [6.07, 6.45) is 3.65. The Morgan fingerprint density at radius 3 is 2.57 bits per heavy atom. The first-order valence-electron chi connectivity index (χ1n) is 4.45. The van der Waals surface area contributed by atoms with Gasteiger partial charge < -0.3 is 4.57 Å². The number of nitrogens with zero attached hydrogens (tertiary/aromatic N) is 2. The van der Waals surface area contributed by atoms with Crippen molar-refractivity contribution < 1.29 is 0 Å². The van der Waals surface area contributed by atoms with E-state index in [1.54, 1.807) is 6.20 Å². The first kappa shape index (κ1) is 9.28. The highest BCUT2D eigenvalue weighted by Crippen LogP contribution is 2.26. The van der Waals surface area contributed by atoms with Crippen LogP contribution in [0.3, 0.4) is 0 Å². The van der Waals surface area contributed by atoms with Crippen LogP contribution in [0.2, 0.25) is 0 Å². The monoisotopic (exact) mass is 206 g/mol. The molecular formula is C11H11ClN2. The van der Waals surface area contributed by atoms with Crippen molar-refractivity contribution in [2.75, 3.05) is 0 Å². The number of imidazole rings is 1. The van der Waals surface area contributed by atoms with Gasteiger partial charge in [-0.1, -0.05) is 30.3 Å². The zero-order valence-electron chi connectivity index (χ0n) is 7.89. The van der Waals surface area contributed by atoms with Gasteiger partial charge in [-0.25, -0.2) is 4.98 Å². The zero-order valence-corrected chi connectivity index (χ0v) is 8.65. The van der Waals surface area contributed by atoms with Gasteiger partial charge in [0.1, 0.15) is 11.2 Å². The van der Waals surface area contributed by atoms with Crippen LogP contribution >= 0.6 is 11.6 Å². The number of hydrogen-bond acceptors (Lipinski definition) is 1. The lowest BCUT2D eigenvalue weighted by atomic mass is 10.1. The molecule has 72 valence electrons. The second-order valence-electron chi connectivity index (χ2n) is 3.17. The summed E-state index contributed by atoms with van der Waals surface area (Å²) >= 11 is 6.29. The third-order valence-corrected chi connectivity index (χ3v) is 2.62. The van der Waals surface area contributed by atoms with E-state index in [1.807, 2.05) is 48.1 Å². The van der Waals surface area contributed by atoms with E-state index >= 15 is 0 Å². The Hall–Kier alpha value is -1.28. The molecule has 0 aliphatic rings. The average molecular weight is 207 g/mol. The molecule has 1 atom stereocenters. The summed E-state index contributed by atoms with van der Waals surface area (Å²) in [4.78, 5) is 4.22. The summed E-state index contributed by atoms with van der Waals surface area (Å²) in [5.41, 5.74) is 1.07. The maximum absolute atomic E-state index is 6.29. The van der Waals surface area contributed by atoms with Crippen LogP contribution in [0.25, 0.3) is 0 Å². The molecule has 0 aliphatic carbocycles. The van der Waals surface area contributed by atoms with Gasteiger partial charge >= 0.3 is 0 Å². The fourth-order valence-corrected chi connectivity index (χ4v) is 1.75. The largest absolute Gasteiger partial charge is 0.336 e. The first-order valence-corrected chi connectivity index (χ1v) is 4.89. The van der Waals surface area contributed by atoms with Crippen molar-refractivity contribution in [3.63, 3.8) is 0 Å². The lowest BCUT2D eigenvalue weighted by Gasteiger charge is -2.09. The number of benzene rings is 1. The molecule has 2 nitrogen and oxygen atoms in total. The zero-order chi connectivity index (χ0) is 9.97. The van der Waals surface area contributed by atoms with Gasteiger partial charge in [0.2, 0.25) is 0 Å². The molecule has 0 spiro atoms. The number of aryl methyl sites for hydroxylation is 1. The van der Waals surface area contributed by atoms with Crippen LogP contribution < -0.4 is 0 Å². The molecule has 0 aliphatic heterocycles. The molecule has 1 aromatic carbocycles. The minimum atomic E-state index is -0.170. The van der Waals surface area contributed by atoms with E-state index in [2.05, 4.69) is 4.98 Å². The summed E-state index contributed by atoms with van der Waals surface area (Å²) in [5.74, 6) is 0.873. The molecule has 0 fully saturated rings. The highest BCUT2D eigenvalue weighted by Gasteiger charge is 2.13. The molecule has 2 rings (SSSR count). The molecule has 0 unspecified atom stereocenters. The minimum absolute atomic E-state index is 0.170. The molecule has 1 aromatic heterocycles. The van der Waals surface area contributed by atoms with Gasteiger partial charge in [0, 0.05) is 19.4 Å². The molecule has 2 aromatic rings. The van der Waals surface area contributed by atoms with Gasteiger partial charge in [-0.15, -0.1) is 11.6 Å². The molecule has 0 amide bonds. The molecule has 0 radical (unpaired) electrons. The number of hydrogen-bond donors (Lipinski definition) is 0. The Bertz CT molecular complexity index is 408. The standard InChI is InChI=1S/C11H11ClN2/c1-14-8-7-13-11(14)10(12)9-5-3-2-4-6-9/h2-8,10H,1H3/t10-/m0/s1. The SMILES string of the molecule is Cn1ccnc1[C@@H](Cl)c1ccccc1. The molecule has 0 N–H and O–H groups in total. The lowest BCUT2D eigenvalue weighted by Crippen LogP contribution is -2.01. The minimum Gasteiger partial charge on any atom is -0.336 e. The topological polar surface area (TPSA) is 17.8 Å².